The molecule has 0 spiro atoms. The SMILES string of the molecule is CC(=O)N(C)c1cn(-c2cncc(C)c2)nc1C. The maximum atomic E-state index is 11.4. The van der Waals surface area contributed by atoms with Crippen LogP contribution in [-0.4, -0.2) is 27.7 Å². The Balaban J connectivity index is 2.43. The van der Waals surface area contributed by atoms with E-state index in [4.69, 9.17) is 0 Å². The molecular formula is C13H16N4O. The second-order valence-electron chi connectivity index (χ2n) is 4.34. The molecule has 0 saturated heterocycles. The van der Waals surface area contributed by atoms with Crippen LogP contribution in [0.3, 0.4) is 0 Å². The fourth-order valence-corrected chi connectivity index (χ4v) is 1.75. The molecule has 2 aromatic heterocycles. The van der Waals surface area contributed by atoms with Gasteiger partial charge in [0.1, 0.15) is 0 Å². The third-order valence-corrected chi connectivity index (χ3v) is 2.83. The number of carbonyl (C=O) groups excluding carboxylic acids is 1. The summed E-state index contributed by atoms with van der Waals surface area (Å²) in [6.45, 7) is 5.40. The standard InChI is InChI=1S/C13H16N4O/c1-9-5-12(7-14-6-9)17-8-13(10(2)15-17)16(4)11(3)18/h5-8H,1-4H3. The monoisotopic (exact) mass is 244 g/mol. The van der Waals surface area contributed by atoms with Crippen molar-refractivity contribution >= 4 is 11.6 Å². The predicted octanol–water partition coefficient (Wildman–Crippen LogP) is 1.87. The van der Waals surface area contributed by atoms with Crippen molar-refractivity contribution in [1.82, 2.24) is 14.8 Å². The first-order valence-corrected chi connectivity index (χ1v) is 5.71. The van der Waals surface area contributed by atoms with Gasteiger partial charge in [-0.1, -0.05) is 0 Å². The minimum Gasteiger partial charge on any atom is -0.313 e. The average Bonchev–Trinajstić information content (AvgIpc) is 2.70. The Morgan fingerprint density at radius 2 is 2.06 bits per heavy atom. The highest BCUT2D eigenvalue weighted by Gasteiger charge is 2.13. The Kier molecular flexibility index (Phi) is 3.14. The molecule has 0 fully saturated rings. The molecule has 0 atom stereocenters. The summed E-state index contributed by atoms with van der Waals surface area (Å²) < 4.78 is 1.74. The van der Waals surface area contributed by atoms with Crippen LogP contribution >= 0.6 is 0 Å². The van der Waals surface area contributed by atoms with Gasteiger partial charge in [-0.2, -0.15) is 5.10 Å². The van der Waals surface area contributed by atoms with Gasteiger partial charge in [-0.25, -0.2) is 4.68 Å². The zero-order valence-electron chi connectivity index (χ0n) is 11.0. The molecule has 1 amide bonds. The summed E-state index contributed by atoms with van der Waals surface area (Å²) in [7, 11) is 1.74. The zero-order chi connectivity index (χ0) is 13.3. The van der Waals surface area contributed by atoms with E-state index in [0.717, 1.165) is 22.6 Å². The van der Waals surface area contributed by atoms with Gasteiger partial charge in [0.05, 0.1) is 29.5 Å². The number of carbonyl (C=O) groups is 1. The molecule has 0 aliphatic heterocycles. The largest absolute Gasteiger partial charge is 0.313 e. The van der Waals surface area contributed by atoms with Crippen molar-refractivity contribution in [2.45, 2.75) is 20.8 Å². The van der Waals surface area contributed by atoms with Crippen LogP contribution in [0.15, 0.2) is 24.7 Å². The van der Waals surface area contributed by atoms with Crippen molar-refractivity contribution in [2.24, 2.45) is 0 Å². The smallest absolute Gasteiger partial charge is 0.223 e. The van der Waals surface area contributed by atoms with Crippen molar-refractivity contribution in [2.75, 3.05) is 11.9 Å². The van der Waals surface area contributed by atoms with Gasteiger partial charge < -0.3 is 4.90 Å². The van der Waals surface area contributed by atoms with Crippen LogP contribution in [0.25, 0.3) is 5.69 Å². The highest BCUT2D eigenvalue weighted by Crippen LogP contribution is 2.20. The number of nitrogens with zero attached hydrogens (tertiary/aromatic N) is 4. The second kappa shape index (κ2) is 4.60. The van der Waals surface area contributed by atoms with Crippen molar-refractivity contribution in [3.63, 3.8) is 0 Å². The van der Waals surface area contributed by atoms with Crippen LogP contribution in [0.5, 0.6) is 0 Å². The zero-order valence-corrected chi connectivity index (χ0v) is 11.0. The van der Waals surface area contributed by atoms with Crippen LogP contribution in [0.1, 0.15) is 18.2 Å². The molecule has 2 aromatic rings. The minimum absolute atomic E-state index is 0.0139. The maximum Gasteiger partial charge on any atom is 0.223 e. The molecule has 0 aliphatic carbocycles. The first kappa shape index (κ1) is 12.3. The van der Waals surface area contributed by atoms with Crippen LogP contribution < -0.4 is 4.90 Å². The molecule has 2 rings (SSSR count). The van der Waals surface area contributed by atoms with E-state index in [1.54, 1.807) is 29.0 Å². The number of aryl methyl sites for hydroxylation is 2. The highest BCUT2D eigenvalue weighted by atomic mass is 16.2. The summed E-state index contributed by atoms with van der Waals surface area (Å²) in [6.07, 6.45) is 5.38. The summed E-state index contributed by atoms with van der Waals surface area (Å²) >= 11 is 0. The lowest BCUT2D eigenvalue weighted by atomic mass is 10.3. The highest BCUT2D eigenvalue weighted by molar-refractivity contribution is 5.91. The van der Waals surface area contributed by atoms with E-state index < -0.39 is 0 Å². The Labute approximate surface area is 106 Å². The van der Waals surface area contributed by atoms with E-state index in [-0.39, 0.29) is 5.91 Å². The van der Waals surface area contributed by atoms with Crippen LogP contribution in [0.4, 0.5) is 5.69 Å². The third kappa shape index (κ3) is 2.25. The normalized spacial score (nSPS) is 10.4. The lowest BCUT2D eigenvalue weighted by Crippen LogP contribution is -2.22. The molecule has 0 unspecified atom stereocenters. The molecule has 5 heteroatoms. The van der Waals surface area contributed by atoms with Gasteiger partial charge in [-0.3, -0.25) is 9.78 Å². The number of hydrogen-bond donors (Lipinski definition) is 0. The molecule has 0 radical (unpaired) electrons. The Bertz CT molecular complexity index is 588. The first-order chi connectivity index (χ1) is 8.49. The van der Waals surface area contributed by atoms with Gasteiger partial charge >= 0.3 is 0 Å². The molecule has 0 N–H and O–H groups in total. The molecule has 94 valence electrons. The van der Waals surface area contributed by atoms with Crippen LogP contribution in [0, 0.1) is 13.8 Å². The van der Waals surface area contributed by atoms with E-state index in [0.29, 0.717) is 0 Å². The summed E-state index contributed by atoms with van der Waals surface area (Å²) in [6, 6.07) is 2.00. The summed E-state index contributed by atoms with van der Waals surface area (Å²) in [5, 5.41) is 4.41. The van der Waals surface area contributed by atoms with E-state index in [1.165, 1.54) is 6.92 Å². The fraction of sp³-hybridized carbons (Fsp3) is 0.308. The van der Waals surface area contributed by atoms with Gasteiger partial charge in [0, 0.05) is 20.2 Å². The summed E-state index contributed by atoms with van der Waals surface area (Å²) in [4.78, 5) is 17.1. The fourth-order valence-electron chi connectivity index (χ4n) is 1.75. The molecular weight excluding hydrogens is 228 g/mol. The van der Waals surface area contributed by atoms with E-state index in [1.807, 2.05) is 26.1 Å². The van der Waals surface area contributed by atoms with Crippen molar-refractivity contribution in [3.05, 3.63) is 35.9 Å². The Morgan fingerprint density at radius 3 is 2.67 bits per heavy atom. The summed E-state index contributed by atoms with van der Waals surface area (Å²) in [5.41, 5.74) is 3.58. The topological polar surface area (TPSA) is 51.0 Å². The van der Waals surface area contributed by atoms with Gasteiger partial charge in [0.2, 0.25) is 5.91 Å². The Morgan fingerprint density at radius 1 is 1.33 bits per heavy atom. The van der Waals surface area contributed by atoms with E-state index in [2.05, 4.69) is 10.1 Å². The predicted molar refractivity (Wildman–Crippen MR) is 69.9 cm³/mol. The van der Waals surface area contributed by atoms with Crippen LogP contribution in [0.2, 0.25) is 0 Å². The van der Waals surface area contributed by atoms with Gasteiger partial charge in [0.15, 0.2) is 0 Å². The molecule has 0 bridgehead atoms. The quantitative estimate of drug-likeness (QED) is 0.810. The number of pyridine rings is 1. The second-order valence-corrected chi connectivity index (χ2v) is 4.34. The number of hydrogen-bond acceptors (Lipinski definition) is 3. The average molecular weight is 244 g/mol. The van der Waals surface area contributed by atoms with Gasteiger partial charge in [-0.05, 0) is 25.5 Å². The minimum atomic E-state index is -0.0139. The number of aromatic nitrogens is 3. The van der Waals surface area contributed by atoms with Gasteiger partial charge in [-0.15, -0.1) is 0 Å². The number of amides is 1. The molecule has 18 heavy (non-hydrogen) atoms. The maximum absolute atomic E-state index is 11.4. The summed E-state index contributed by atoms with van der Waals surface area (Å²) in [5.74, 6) is -0.0139. The molecule has 0 aliphatic rings. The van der Waals surface area contributed by atoms with Crippen LogP contribution in [-0.2, 0) is 4.79 Å². The molecule has 0 aromatic carbocycles. The van der Waals surface area contributed by atoms with Gasteiger partial charge in [0.25, 0.3) is 0 Å². The van der Waals surface area contributed by atoms with E-state index >= 15 is 0 Å². The molecule has 0 saturated carbocycles. The lowest BCUT2D eigenvalue weighted by molar-refractivity contribution is -0.116. The van der Waals surface area contributed by atoms with Crippen molar-refractivity contribution in [1.29, 1.82) is 0 Å². The number of rotatable bonds is 2. The lowest BCUT2D eigenvalue weighted by Gasteiger charge is -2.12. The molecule has 2 heterocycles. The van der Waals surface area contributed by atoms with Crippen molar-refractivity contribution in [3.8, 4) is 5.69 Å². The first-order valence-electron chi connectivity index (χ1n) is 5.71. The van der Waals surface area contributed by atoms with E-state index in [9.17, 15) is 4.79 Å². The number of anilines is 1. The Hall–Kier alpha value is -2.17. The third-order valence-electron chi connectivity index (χ3n) is 2.83. The molecule has 5 nitrogen and oxygen atoms in total. The van der Waals surface area contributed by atoms with Crippen molar-refractivity contribution < 1.29 is 4.79 Å².